The summed E-state index contributed by atoms with van der Waals surface area (Å²) in [4.78, 5) is 0. The molecule has 0 aromatic rings. The van der Waals surface area contributed by atoms with E-state index in [1.807, 2.05) is 12.2 Å². The summed E-state index contributed by atoms with van der Waals surface area (Å²) >= 11 is -0.346. The minimum absolute atomic E-state index is 0.346. The van der Waals surface area contributed by atoms with Crippen LogP contribution in [-0.4, -0.2) is 0 Å². The van der Waals surface area contributed by atoms with Crippen LogP contribution in [0.15, 0.2) is 36.5 Å². The molecule has 0 rings (SSSR count). The van der Waals surface area contributed by atoms with Crippen LogP contribution in [0, 0.1) is 13.8 Å². The van der Waals surface area contributed by atoms with Gasteiger partial charge in [0.25, 0.3) is 0 Å². The molecular weight excluding hydrogens is 316 g/mol. The normalized spacial score (nSPS) is 11.1. The molecule has 0 heterocycles. The van der Waals surface area contributed by atoms with Crippen molar-refractivity contribution in [3.63, 3.8) is 0 Å². The van der Waals surface area contributed by atoms with Gasteiger partial charge in [-0.1, -0.05) is 25.0 Å². The monoisotopic (exact) mass is 334 g/mol. The van der Waals surface area contributed by atoms with Gasteiger partial charge in [-0.25, -0.2) is 38.2 Å². The van der Waals surface area contributed by atoms with Gasteiger partial charge in [-0.05, 0) is 12.8 Å². The van der Waals surface area contributed by atoms with Gasteiger partial charge in [-0.2, -0.15) is 0 Å². The van der Waals surface area contributed by atoms with Crippen LogP contribution in [0.2, 0.25) is 0 Å². The van der Waals surface area contributed by atoms with E-state index in [0.717, 1.165) is 25.7 Å². The molecule has 0 bridgehead atoms. The molecule has 0 atom stereocenters. The molecule has 0 unspecified atom stereocenters. The van der Waals surface area contributed by atoms with Crippen molar-refractivity contribution >= 4 is 19.4 Å². The van der Waals surface area contributed by atoms with Crippen LogP contribution >= 0.6 is 19.4 Å². The van der Waals surface area contributed by atoms with Crippen molar-refractivity contribution in [3.8, 4) is 0 Å². The van der Waals surface area contributed by atoms with E-state index in [1.165, 1.54) is 0 Å². The molecule has 0 aliphatic carbocycles. The molecule has 3 heteroatoms. The Balaban J connectivity index is 0. The van der Waals surface area contributed by atoms with Crippen molar-refractivity contribution in [2.24, 2.45) is 0 Å². The molecule has 0 nitrogen and oxygen atoms in total. The van der Waals surface area contributed by atoms with Gasteiger partial charge in [-0.15, -0.1) is 0 Å². The van der Waals surface area contributed by atoms with E-state index in [9.17, 15) is 0 Å². The van der Waals surface area contributed by atoms with Gasteiger partial charge in [0.05, 0.1) is 0 Å². The van der Waals surface area contributed by atoms with Crippen LogP contribution in [0.25, 0.3) is 0 Å². The first-order chi connectivity index (χ1) is 7.33. The summed E-state index contributed by atoms with van der Waals surface area (Å²) in [5.74, 6) is 0. The molecule has 0 amide bonds. The molecule has 0 N–H and O–H groups in total. The summed E-state index contributed by atoms with van der Waals surface area (Å²) < 4.78 is 0. The summed E-state index contributed by atoms with van der Waals surface area (Å²) in [7, 11) is 9.71. The Morgan fingerprint density at radius 2 is 1.00 bits per heavy atom. The zero-order chi connectivity index (χ0) is 11.8. The summed E-state index contributed by atoms with van der Waals surface area (Å²) in [6.07, 6.45) is 16.8. The van der Waals surface area contributed by atoms with Crippen molar-refractivity contribution in [2.75, 3.05) is 0 Å². The molecule has 88 valence electrons. The predicted octanol–water partition coefficient (Wildman–Crippen LogP) is 5.26. The molecule has 0 spiro atoms. The number of halogens is 2. The summed E-state index contributed by atoms with van der Waals surface area (Å²) in [5.41, 5.74) is 0. The van der Waals surface area contributed by atoms with Gasteiger partial charge in [0.2, 0.25) is 0 Å². The molecule has 0 saturated carbocycles. The Morgan fingerprint density at radius 1 is 0.733 bits per heavy atom. The van der Waals surface area contributed by atoms with Crippen molar-refractivity contribution in [1.82, 2.24) is 0 Å². The van der Waals surface area contributed by atoms with Crippen LogP contribution in [-0.2, 0) is 15.1 Å². The van der Waals surface area contributed by atoms with Gasteiger partial charge >= 0.3 is 34.5 Å². The van der Waals surface area contributed by atoms with Gasteiger partial charge in [0.1, 0.15) is 0 Å². The van der Waals surface area contributed by atoms with E-state index >= 15 is 0 Å². The molecule has 0 aliphatic rings. The Hall–Kier alpha value is 0.163. The van der Waals surface area contributed by atoms with Crippen LogP contribution in [0.4, 0.5) is 0 Å². The van der Waals surface area contributed by atoms with Crippen LogP contribution in [0.1, 0.15) is 25.7 Å². The molecule has 0 saturated heterocycles. The topological polar surface area (TPSA) is 0 Å². The van der Waals surface area contributed by atoms with Gasteiger partial charge in [0.15, 0.2) is 0 Å². The first-order valence-electron chi connectivity index (χ1n) is 4.72. The van der Waals surface area contributed by atoms with Crippen LogP contribution in [0.5, 0.6) is 0 Å². The Bertz CT molecular complexity index is 156. The third kappa shape index (κ3) is 25.0. The van der Waals surface area contributed by atoms with Gasteiger partial charge in [-0.3, -0.25) is 0 Å². The second kappa shape index (κ2) is 19.7. The predicted molar refractivity (Wildman–Crippen MR) is 68.3 cm³/mol. The third-order valence-corrected chi connectivity index (χ3v) is 1.50. The van der Waals surface area contributed by atoms with Crippen molar-refractivity contribution in [3.05, 3.63) is 50.3 Å². The van der Waals surface area contributed by atoms with Crippen molar-refractivity contribution in [1.29, 1.82) is 0 Å². The fourth-order valence-electron chi connectivity index (χ4n) is 0.856. The zero-order valence-corrected chi connectivity index (χ0v) is 12.1. The maximum atomic E-state index is 4.85. The van der Waals surface area contributed by atoms with E-state index in [-0.39, 0.29) is 15.1 Å². The molecule has 0 fully saturated rings. The van der Waals surface area contributed by atoms with E-state index in [1.54, 1.807) is 0 Å². The van der Waals surface area contributed by atoms with E-state index in [0.29, 0.717) is 0 Å². The fraction of sp³-hybridized carbons (Fsp3) is 0.333. The molecular formula is C12H18Cl2Ru. The first kappa shape index (κ1) is 17.6. The first-order valence-corrected chi connectivity index (χ1v) is 9.19. The van der Waals surface area contributed by atoms with E-state index < -0.39 is 0 Å². The average Bonchev–Trinajstić information content (AvgIpc) is 2.23. The third-order valence-electron chi connectivity index (χ3n) is 1.50. The SMILES string of the molecule is [CH2-]C=CCC/C=C/CC/C=C/[CH2-].[Cl][Ru+2][Cl]. The zero-order valence-electron chi connectivity index (χ0n) is 8.82. The number of hydrogen-bond donors (Lipinski definition) is 0. The van der Waals surface area contributed by atoms with Crippen molar-refractivity contribution < 1.29 is 15.1 Å². The average molecular weight is 334 g/mol. The quantitative estimate of drug-likeness (QED) is 0.269. The van der Waals surface area contributed by atoms with Gasteiger partial charge < -0.3 is 0 Å². The Labute approximate surface area is 110 Å². The molecule has 15 heavy (non-hydrogen) atoms. The van der Waals surface area contributed by atoms with E-state index in [4.69, 9.17) is 19.4 Å². The number of allylic oxidation sites excluding steroid dienone is 6. The molecule has 0 aromatic heterocycles. The standard InChI is InChI=1S/C12H18.2ClH.Ru/c1-3-5-7-9-11-12-10-8-6-4-2;;;/h3-6,11-12H,1-2,7-10H2;2*1H;/q-2;;;+4/p-2/b5-3+,6-4?,12-11+;;;. The number of rotatable bonds is 6. The summed E-state index contributed by atoms with van der Waals surface area (Å²) in [6, 6.07) is 0. The second-order valence-electron chi connectivity index (χ2n) is 2.62. The number of unbranched alkanes of at least 4 members (excludes halogenated alkanes) is 2. The minimum atomic E-state index is -0.346. The summed E-state index contributed by atoms with van der Waals surface area (Å²) in [6.45, 7) is 7.25. The molecule has 0 aromatic carbocycles. The van der Waals surface area contributed by atoms with E-state index in [2.05, 4.69) is 38.2 Å². The Morgan fingerprint density at radius 3 is 1.27 bits per heavy atom. The summed E-state index contributed by atoms with van der Waals surface area (Å²) in [5, 5.41) is 0. The van der Waals surface area contributed by atoms with Gasteiger partial charge in [0, 0.05) is 0 Å². The molecule has 0 aliphatic heterocycles. The van der Waals surface area contributed by atoms with Crippen molar-refractivity contribution in [2.45, 2.75) is 25.7 Å². The Kier molecular flexibility index (Phi) is 23.0. The molecule has 0 radical (unpaired) electrons. The number of hydrogen-bond acceptors (Lipinski definition) is 0. The maximum absolute atomic E-state index is 4.85. The second-order valence-corrected chi connectivity index (χ2v) is 5.26. The van der Waals surface area contributed by atoms with Crippen LogP contribution in [0.3, 0.4) is 0 Å². The fourth-order valence-corrected chi connectivity index (χ4v) is 0.856. The van der Waals surface area contributed by atoms with Crippen LogP contribution < -0.4 is 0 Å².